The van der Waals surface area contributed by atoms with Gasteiger partial charge in [0.1, 0.15) is 11.5 Å². The summed E-state index contributed by atoms with van der Waals surface area (Å²) in [5.74, 6) is 1.34. The Morgan fingerprint density at radius 2 is 1.53 bits per heavy atom. The highest BCUT2D eigenvalue weighted by molar-refractivity contribution is 5.80. The molecule has 0 N–H and O–H groups in total. The number of aryl methyl sites for hydroxylation is 2. The molecule has 2 aromatic carbocycles. The molecule has 19 heavy (non-hydrogen) atoms. The normalized spacial score (nSPS) is 9.26. The summed E-state index contributed by atoms with van der Waals surface area (Å²) in [4.78, 5) is 11.0. The number of rotatable bonds is 3. The predicted octanol–water partition coefficient (Wildman–Crippen LogP) is 4.93. The highest BCUT2D eigenvalue weighted by atomic mass is 16.5. The summed E-state index contributed by atoms with van der Waals surface area (Å²) >= 11 is 0. The molecular formula is C17H20O2. The molecule has 0 aliphatic rings. The summed E-state index contributed by atoms with van der Waals surface area (Å²) in [6.45, 7) is 7.98. The van der Waals surface area contributed by atoms with Crippen LogP contribution in [-0.4, -0.2) is 6.29 Å². The van der Waals surface area contributed by atoms with Crippen LogP contribution in [0.3, 0.4) is 0 Å². The average molecular weight is 256 g/mol. The van der Waals surface area contributed by atoms with Crippen molar-refractivity contribution in [2.45, 2.75) is 27.7 Å². The van der Waals surface area contributed by atoms with E-state index in [2.05, 4.69) is 0 Å². The van der Waals surface area contributed by atoms with Gasteiger partial charge in [-0.2, -0.15) is 0 Å². The lowest BCUT2D eigenvalue weighted by Gasteiger charge is -2.10. The van der Waals surface area contributed by atoms with Crippen LogP contribution in [-0.2, 0) is 0 Å². The molecule has 0 saturated carbocycles. The summed E-state index contributed by atoms with van der Waals surface area (Å²) in [7, 11) is 0. The lowest BCUT2D eigenvalue weighted by molar-refractivity contribution is 0.112. The molecule has 0 spiro atoms. The van der Waals surface area contributed by atoms with Gasteiger partial charge in [-0.05, 0) is 49.2 Å². The fraction of sp³-hybridized carbons (Fsp3) is 0.235. The van der Waals surface area contributed by atoms with E-state index in [1.165, 1.54) is 0 Å². The number of hydrogen-bond acceptors (Lipinski definition) is 2. The van der Waals surface area contributed by atoms with Gasteiger partial charge in [0, 0.05) is 0 Å². The Labute approximate surface area is 115 Å². The van der Waals surface area contributed by atoms with E-state index in [0.717, 1.165) is 23.2 Å². The molecule has 0 fully saturated rings. The molecule has 0 unspecified atom stereocenters. The molecule has 2 aromatic rings. The van der Waals surface area contributed by atoms with Gasteiger partial charge in [0.05, 0.1) is 5.56 Å². The van der Waals surface area contributed by atoms with Crippen molar-refractivity contribution in [1.82, 2.24) is 0 Å². The number of carbonyl (C=O) groups is 1. The van der Waals surface area contributed by atoms with Gasteiger partial charge in [-0.1, -0.05) is 32.0 Å². The van der Waals surface area contributed by atoms with Crippen molar-refractivity contribution >= 4 is 6.29 Å². The minimum absolute atomic E-state index is 0.581. The molecule has 2 rings (SSSR count). The van der Waals surface area contributed by atoms with E-state index in [1.54, 1.807) is 0 Å². The standard InChI is InChI=1S/C15H14O2.C2H6/c1-11-8-13(10-16)15(9-12(11)2)17-14-6-4-3-5-7-14;1-2/h3-10H,1-2H3;1-2H3. The van der Waals surface area contributed by atoms with Crippen molar-refractivity contribution in [2.24, 2.45) is 0 Å². The maximum absolute atomic E-state index is 11.0. The monoisotopic (exact) mass is 256 g/mol. The molecular weight excluding hydrogens is 236 g/mol. The average Bonchev–Trinajstić information content (AvgIpc) is 2.46. The van der Waals surface area contributed by atoms with Crippen LogP contribution in [0.25, 0.3) is 0 Å². The Bertz CT molecular complexity index is 530. The van der Waals surface area contributed by atoms with Gasteiger partial charge in [0.2, 0.25) is 0 Å². The van der Waals surface area contributed by atoms with Gasteiger partial charge in [0.15, 0.2) is 6.29 Å². The van der Waals surface area contributed by atoms with Gasteiger partial charge in [0.25, 0.3) is 0 Å². The van der Waals surface area contributed by atoms with E-state index in [0.29, 0.717) is 11.3 Å². The summed E-state index contributed by atoms with van der Waals surface area (Å²) in [6, 6.07) is 13.2. The second-order valence-corrected chi connectivity index (χ2v) is 4.01. The Balaban J connectivity index is 0.000000861. The molecule has 0 radical (unpaired) electrons. The molecule has 0 amide bonds. The van der Waals surface area contributed by atoms with E-state index < -0.39 is 0 Å². The Kier molecular flexibility index (Phi) is 5.80. The molecule has 0 bridgehead atoms. The third-order valence-corrected chi connectivity index (χ3v) is 2.72. The molecule has 100 valence electrons. The maximum atomic E-state index is 11.0. The first kappa shape index (κ1) is 15.0. The van der Waals surface area contributed by atoms with Crippen molar-refractivity contribution in [3.8, 4) is 11.5 Å². The fourth-order valence-corrected chi connectivity index (χ4v) is 1.61. The van der Waals surface area contributed by atoms with Gasteiger partial charge in [-0.15, -0.1) is 0 Å². The molecule has 0 heterocycles. The third kappa shape index (κ3) is 3.95. The van der Waals surface area contributed by atoms with Gasteiger partial charge < -0.3 is 4.74 Å². The first-order valence-corrected chi connectivity index (χ1v) is 6.50. The lowest BCUT2D eigenvalue weighted by atomic mass is 10.1. The second-order valence-electron chi connectivity index (χ2n) is 4.01. The van der Waals surface area contributed by atoms with Crippen molar-refractivity contribution in [1.29, 1.82) is 0 Å². The summed E-state index contributed by atoms with van der Waals surface area (Å²) in [5.41, 5.74) is 2.78. The van der Waals surface area contributed by atoms with Crippen LogP contribution in [0, 0.1) is 13.8 Å². The van der Waals surface area contributed by atoms with E-state index in [-0.39, 0.29) is 0 Å². The zero-order valence-corrected chi connectivity index (χ0v) is 11.9. The quantitative estimate of drug-likeness (QED) is 0.727. The Morgan fingerprint density at radius 3 is 2.11 bits per heavy atom. The Morgan fingerprint density at radius 1 is 0.947 bits per heavy atom. The summed E-state index contributed by atoms with van der Waals surface area (Å²) < 4.78 is 5.70. The van der Waals surface area contributed by atoms with Crippen molar-refractivity contribution in [3.63, 3.8) is 0 Å². The first-order chi connectivity index (χ1) is 9.20. The van der Waals surface area contributed by atoms with Crippen LogP contribution in [0.2, 0.25) is 0 Å². The van der Waals surface area contributed by atoms with Crippen LogP contribution < -0.4 is 4.74 Å². The number of benzene rings is 2. The van der Waals surface area contributed by atoms with E-state index in [1.807, 2.05) is 70.2 Å². The highest BCUT2D eigenvalue weighted by Gasteiger charge is 2.06. The van der Waals surface area contributed by atoms with Crippen LogP contribution in [0.1, 0.15) is 35.3 Å². The largest absolute Gasteiger partial charge is 0.457 e. The zero-order valence-electron chi connectivity index (χ0n) is 11.9. The van der Waals surface area contributed by atoms with Gasteiger partial charge >= 0.3 is 0 Å². The van der Waals surface area contributed by atoms with Gasteiger partial charge in [-0.25, -0.2) is 0 Å². The predicted molar refractivity (Wildman–Crippen MR) is 79.2 cm³/mol. The van der Waals surface area contributed by atoms with Crippen molar-refractivity contribution < 1.29 is 9.53 Å². The minimum atomic E-state index is 0.581. The maximum Gasteiger partial charge on any atom is 0.153 e. The molecule has 2 nitrogen and oxygen atoms in total. The van der Waals surface area contributed by atoms with Crippen LogP contribution in [0.5, 0.6) is 11.5 Å². The number of ether oxygens (including phenoxy) is 1. The van der Waals surface area contributed by atoms with Crippen LogP contribution in [0.4, 0.5) is 0 Å². The highest BCUT2D eigenvalue weighted by Crippen LogP contribution is 2.27. The van der Waals surface area contributed by atoms with Crippen LogP contribution >= 0.6 is 0 Å². The van der Waals surface area contributed by atoms with E-state index >= 15 is 0 Å². The van der Waals surface area contributed by atoms with E-state index in [4.69, 9.17) is 4.74 Å². The van der Waals surface area contributed by atoms with Gasteiger partial charge in [-0.3, -0.25) is 4.79 Å². The summed E-state index contributed by atoms with van der Waals surface area (Å²) in [6.07, 6.45) is 0.824. The number of carbonyl (C=O) groups excluding carboxylic acids is 1. The number of hydrogen-bond donors (Lipinski definition) is 0. The van der Waals surface area contributed by atoms with E-state index in [9.17, 15) is 4.79 Å². The summed E-state index contributed by atoms with van der Waals surface area (Å²) in [5, 5.41) is 0. The molecule has 0 atom stereocenters. The first-order valence-electron chi connectivity index (χ1n) is 6.50. The SMILES string of the molecule is CC.Cc1cc(C=O)c(Oc2ccccc2)cc1C. The van der Waals surface area contributed by atoms with Crippen molar-refractivity contribution in [2.75, 3.05) is 0 Å². The third-order valence-electron chi connectivity index (χ3n) is 2.72. The zero-order chi connectivity index (χ0) is 14.3. The molecule has 0 aliphatic carbocycles. The molecule has 2 heteroatoms. The van der Waals surface area contributed by atoms with Crippen LogP contribution in [0.15, 0.2) is 42.5 Å². The molecule has 0 aromatic heterocycles. The molecule has 0 saturated heterocycles. The Hall–Kier alpha value is -2.09. The lowest BCUT2D eigenvalue weighted by Crippen LogP contribution is -1.93. The minimum Gasteiger partial charge on any atom is -0.457 e. The number of para-hydroxylation sites is 1. The smallest absolute Gasteiger partial charge is 0.153 e. The molecule has 0 aliphatic heterocycles. The second kappa shape index (κ2) is 7.37. The topological polar surface area (TPSA) is 26.3 Å². The number of aldehydes is 1. The fourth-order valence-electron chi connectivity index (χ4n) is 1.61. The van der Waals surface area contributed by atoms with Crippen molar-refractivity contribution in [3.05, 3.63) is 59.2 Å².